The van der Waals surface area contributed by atoms with Crippen LogP contribution in [0.2, 0.25) is 5.02 Å². The van der Waals surface area contributed by atoms with Crippen LogP contribution < -0.4 is 0 Å². The third kappa shape index (κ3) is 2.26. The smallest absolute Gasteiger partial charge is 0.219 e. The number of aromatic nitrogens is 1. The molecule has 0 aromatic carbocycles. The first-order valence-electron chi connectivity index (χ1n) is 4.90. The zero-order valence-corrected chi connectivity index (χ0v) is 10.0. The highest BCUT2D eigenvalue weighted by Crippen LogP contribution is 2.34. The Morgan fingerprint density at radius 2 is 2.12 bits per heavy atom. The standard InChI is InChI=1S/C10H11ClFNO2S/c11-7-5-8(9(12)13-6-7)10(14)1-3-16(15)4-2-10/h5-6,14H,1-4H2. The summed E-state index contributed by atoms with van der Waals surface area (Å²) < 4.78 is 24.7. The van der Waals surface area contributed by atoms with Crippen LogP contribution in [0.15, 0.2) is 12.3 Å². The average Bonchev–Trinajstić information content (AvgIpc) is 2.26. The summed E-state index contributed by atoms with van der Waals surface area (Å²) in [6.45, 7) is 0. The molecular formula is C10H11ClFNO2S. The largest absolute Gasteiger partial charge is 0.385 e. The number of hydrogen-bond donors (Lipinski definition) is 1. The number of rotatable bonds is 1. The second-order valence-electron chi connectivity index (χ2n) is 3.87. The maximum absolute atomic E-state index is 13.5. The van der Waals surface area contributed by atoms with E-state index >= 15 is 0 Å². The number of nitrogens with zero attached hydrogens (tertiary/aromatic N) is 1. The second kappa shape index (κ2) is 4.39. The molecule has 0 saturated carbocycles. The first-order valence-corrected chi connectivity index (χ1v) is 6.77. The van der Waals surface area contributed by atoms with Gasteiger partial charge < -0.3 is 5.11 Å². The Morgan fingerprint density at radius 1 is 1.50 bits per heavy atom. The molecule has 1 aromatic heterocycles. The monoisotopic (exact) mass is 263 g/mol. The summed E-state index contributed by atoms with van der Waals surface area (Å²) in [6, 6.07) is 1.39. The Kier molecular flexibility index (Phi) is 3.28. The van der Waals surface area contributed by atoms with Crippen molar-refractivity contribution < 1.29 is 13.7 Å². The fraction of sp³-hybridized carbons (Fsp3) is 0.500. The van der Waals surface area contributed by atoms with E-state index in [0.29, 0.717) is 11.5 Å². The molecule has 0 spiro atoms. The van der Waals surface area contributed by atoms with Crippen molar-refractivity contribution in [2.75, 3.05) is 11.5 Å². The summed E-state index contributed by atoms with van der Waals surface area (Å²) in [5.74, 6) is 0.0461. The fourth-order valence-corrected chi connectivity index (χ4v) is 3.30. The highest BCUT2D eigenvalue weighted by molar-refractivity contribution is 7.85. The van der Waals surface area contributed by atoms with Crippen LogP contribution in [0, 0.1) is 5.95 Å². The lowest BCUT2D eigenvalue weighted by Crippen LogP contribution is -2.35. The Balaban J connectivity index is 2.35. The van der Waals surface area contributed by atoms with Crippen molar-refractivity contribution in [1.29, 1.82) is 0 Å². The molecule has 1 aliphatic rings. The Bertz CT molecular complexity index is 431. The van der Waals surface area contributed by atoms with Crippen LogP contribution in [-0.2, 0) is 16.4 Å². The molecule has 88 valence electrons. The molecule has 0 atom stereocenters. The molecule has 2 heterocycles. The van der Waals surface area contributed by atoms with Crippen molar-refractivity contribution in [1.82, 2.24) is 4.98 Å². The highest BCUT2D eigenvalue weighted by atomic mass is 35.5. The van der Waals surface area contributed by atoms with Crippen LogP contribution in [-0.4, -0.2) is 25.8 Å². The molecule has 1 N–H and O–H groups in total. The Morgan fingerprint density at radius 3 is 2.75 bits per heavy atom. The van der Waals surface area contributed by atoms with Gasteiger partial charge in [-0.25, -0.2) is 4.98 Å². The summed E-state index contributed by atoms with van der Waals surface area (Å²) in [7, 11) is -0.908. The van der Waals surface area contributed by atoms with Crippen molar-refractivity contribution in [3.8, 4) is 0 Å². The van der Waals surface area contributed by atoms with E-state index in [-0.39, 0.29) is 23.4 Å². The Hall–Kier alpha value is -0.520. The van der Waals surface area contributed by atoms with E-state index in [0.717, 1.165) is 0 Å². The molecule has 2 rings (SSSR count). The molecule has 16 heavy (non-hydrogen) atoms. The highest BCUT2D eigenvalue weighted by Gasteiger charge is 2.36. The number of pyridine rings is 1. The molecule has 1 aromatic rings. The zero-order chi connectivity index (χ0) is 11.8. The predicted molar refractivity (Wildman–Crippen MR) is 60.2 cm³/mol. The van der Waals surface area contributed by atoms with Gasteiger partial charge in [-0.3, -0.25) is 4.21 Å². The summed E-state index contributed by atoms with van der Waals surface area (Å²) in [5, 5.41) is 10.6. The lowest BCUT2D eigenvalue weighted by molar-refractivity contribution is 0.0229. The van der Waals surface area contributed by atoms with Crippen molar-refractivity contribution in [3.63, 3.8) is 0 Å². The predicted octanol–water partition coefficient (Wildman–Crippen LogP) is 1.60. The fourth-order valence-electron chi connectivity index (χ4n) is 1.81. The first kappa shape index (κ1) is 12.0. The van der Waals surface area contributed by atoms with Gasteiger partial charge in [-0.05, 0) is 18.9 Å². The van der Waals surface area contributed by atoms with Crippen molar-refractivity contribution in [3.05, 3.63) is 28.8 Å². The van der Waals surface area contributed by atoms with E-state index in [1.807, 2.05) is 0 Å². The molecule has 0 amide bonds. The van der Waals surface area contributed by atoms with Crippen LogP contribution >= 0.6 is 11.6 Å². The summed E-state index contributed by atoms with van der Waals surface area (Å²) in [4.78, 5) is 3.48. The van der Waals surface area contributed by atoms with Crippen LogP contribution in [0.4, 0.5) is 4.39 Å². The zero-order valence-electron chi connectivity index (χ0n) is 8.45. The van der Waals surface area contributed by atoms with E-state index in [9.17, 15) is 13.7 Å². The van der Waals surface area contributed by atoms with Crippen molar-refractivity contribution >= 4 is 22.4 Å². The van der Waals surface area contributed by atoms with E-state index in [4.69, 9.17) is 11.6 Å². The van der Waals surface area contributed by atoms with Gasteiger partial charge in [0.05, 0.1) is 10.6 Å². The third-order valence-corrected chi connectivity index (χ3v) is 4.32. The van der Waals surface area contributed by atoms with Gasteiger partial charge in [0.2, 0.25) is 5.95 Å². The summed E-state index contributed by atoms with van der Waals surface area (Å²) in [5.41, 5.74) is -1.17. The van der Waals surface area contributed by atoms with Gasteiger partial charge >= 0.3 is 0 Å². The Labute approximate surface area is 100 Å². The van der Waals surface area contributed by atoms with Gasteiger partial charge in [0.1, 0.15) is 0 Å². The van der Waals surface area contributed by atoms with Gasteiger partial charge in [0.15, 0.2) is 0 Å². The quantitative estimate of drug-likeness (QED) is 0.783. The average molecular weight is 264 g/mol. The molecule has 1 fully saturated rings. The number of halogens is 2. The number of hydrogen-bond acceptors (Lipinski definition) is 3. The topological polar surface area (TPSA) is 50.2 Å². The second-order valence-corrected chi connectivity index (χ2v) is 6.00. The molecule has 6 heteroatoms. The third-order valence-electron chi connectivity index (χ3n) is 2.79. The van der Waals surface area contributed by atoms with E-state index in [1.165, 1.54) is 12.3 Å². The summed E-state index contributed by atoms with van der Waals surface area (Å²) >= 11 is 5.73. The first-order chi connectivity index (χ1) is 7.51. The maximum Gasteiger partial charge on any atom is 0.219 e. The van der Waals surface area contributed by atoms with Crippen molar-refractivity contribution in [2.24, 2.45) is 0 Å². The van der Waals surface area contributed by atoms with E-state index in [1.54, 1.807) is 0 Å². The lowest BCUT2D eigenvalue weighted by atomic mass is 9.89. The van der Waals surface area contributed by atoms with Gasteiger partial charge in [-0.1, -0.05) is 11.6 Å². The van der Waals surface area contributed by atoms with Gasteiger partial charge in [0.25, 0.3) is 0 Å². The molecule has 0 unspecified atom stereocenters. The van der Waals surface area contributed by atoms with Crippen LogP contribution in [0.1, 0.15) is 18.4 Å². The van der Waals surface area contributed by atoms with Crippen LogP contribution in [0.3, 0.4) is 0 Å². The van der Waals surface area contributed by atoms with Crippen LogP contribution in [0.5, 0.6) is 0 Å². The normalized spacial score (nSPS) is 30.3. The maximum atomic E-state index is 13.5. The lowest BCUT2D eigenvalue weighted by Gasteiger charge is -2.31. The van der Waals surface area contributed by atoms with Gasteiger partial charge in [-0.2, -0.15) is 4.39 Å². The molecule has 0 aliphatic carbocycles. The minimum Gasteiger partial charge on any atom is -0.385 e. The molecule has 0 radical (unpaired) electrons. The molecule has 1 saturated heterocycles. The number of aliphatic hydroxyl groups is 1. The minimum atomic E-state index is -1.28. The molecule has 3 nitrogen and oxygen atoms in total. The van der Waals surface area contributed by atoms with E-state index < -0.39 is 22.3 Å². The molecule has 1 aliphatic heterocycles. The SMILES string of the molecule is O=S1CCC(O)(c2cc(Cl)cnc2F)CC1. The van der Waals surface area contributed by atoms with E-state index in [2.05, 4.69) is 4.98 Å². The molecule has 0 bridgehead atoms. The van der Waals surface area contributed by atoms with Gasteiger partial charge in [0, 0.05) is 34.1 Å². The van der Waals surface area contributed by atoms with Gasteiger partial charge in [-0.15, -0.1) is 0 Å². The molecular weight excluding hydrogens is 253 g/mol. The van der Waals surface area contributed by atoms with Crippen molar-refractivity contribution in [2.45, 2.75) is 18.4 Å². The minimum absolute atomic E-state index is 0.108. The summed E-state index contributed by atoms with van der Waals surface area (Å²) in [6.07, 6.45) is 1.75. The van der Waals surface area contributed by atoms with Crippen LogP contribution in [0.25, 0.3) is 0 Å².